The molecule has 0 aromatic rings. The zero-order valence-electron chi connectivity index (χ0n) is 11.0. The zero-order chi connectivity index (χ0) is 13.9. The molecule has 0 spiro atoms. The van der Waals surface area contributed by atoms with Gasteiger partial charge in [0.1, 0.15) is 5.60 Å². The molecule has 1 aliphatic rings. The number of carboxylic acids is 1. The van der Waals surface area contributed by atoms with Gasteiger partial charge in [-0.25, -0.2) is 9.59 Å². The van der Waals surface area contributed by atoms with E-state index in [1.165, 1.54) is 0 Å². The van der Waals surface area contributed by atoms with Gasteiger partial charge in [-0.15, -0.1) is 0 Å². The van der Waals surface area contributed by atoms with Crippen LogP contribution in [0.2, 0.25) is 0 Å². The summed E-state index contributed by atoms with van der Waals surface area (Å²) in [6, 6.07) is 0. The predicted molar refractivity (Wildman–Crippen MR) is 65.0 cm³/mol. The van der Waals surface area contributed by atoms with E-state index in [1.54, 1.807) is 9.80 Å². The van der Waals surface area contributed by atoms with E-state index in [0.717, 1.165) is 0 Å². The summed E-state index contributed by atoms with van der Waals surface area (Å²) in [6.45, 7) is 7.15. The molecule has 1 aliphatic heterocycles. The maximum absolute atomic E-state index is 11.8. The number of carboxylic acid groups (broad SMARTS) is 1. The number of rotatable bonds is 2. The summed E-state index contributed by atoms with van der Waals surface area (Å²) in [7, 11) is 0. The quantitative estimate of drug-likeness (QED) is 0.719. The Morgan fingerprint density at radius 3 is 2.11 bits per heavy atom. The van der Waals surface area contributed by atoms with E-state index in [-0.39, 0.29) is 6.09 Å². The molecule has 7 heteroatoms. The monoisotopic (exact) mass is 259 g/mol. The summed E-state index contributed by atoms with van der Waals surface area (Å²) in [5.74, 6) is -1.05. The molecule has 1 saturated heterocycles. The van der Waals surface area contributed by atoms with Gasteiger partial charge in [-0.2, -0.15) is 0 Å². The zero-order valence-corrected chi connectivity index (χ0v) is 11.0. The first-order chi connectivity index (χ1) is 8.20. The van der Waals surface area contributed by atoms with Gasteiger partial charge in [0.25, 0.3) is 0 Å². The van der Waals surface area contributed by atoms with Crippen molar-refractivity contribution in [2.75, 3.05) is 26.2 Å². The van der Waals surface area contributed by atoms with Crippen LogP contribution >= 0.6 is 0 Å². The minimum atomic E-state index is -1.05. The highest BCUT2D eigenvalue weighted by Gasteiger charge is 2.29. The maximum atomic E-state index is 11.8. The van der Waals surface area contributed by atoms with Crippen molar-refractivity contribution in [1.29, 1.82) is 0 Å². The molecule has 1 heterocycles. The van der Waals surface area contributed by atoms with Crippen LogP contribution in [0.4, 0.5) is 4.79 Å². The van der Waals surface area contributed by atoms with Crippen molar-refractivity contribution in [1.82, 2.24) is 9.80 Å². The lowest BCUT2D eigenvalue weighted by Crippen LogP contribution is -2.57. The van der Waals surface area contributed by atoms with Gasteiger partial charge in [-0.05, 0) is 20.8 Å². The topological polar surface area (TPSA) is 96.1 Å². The third-order valence-corrected chi connectivity index (χ3v) is 2.61. The first-order valence-electron chi connectivity index (χ1n) is 5.91. The molecular formula is C11H21N3O4. The lowest BCUT2D eigenvalue weighted by molar-refractivity contribution is -0.143. The largest absolute Gasteiger partial charge is 0.479 e. The van der Waals surface area contributed by atoms with Crippen LogP contribution in [-0.2, 0) is 9.53 Å². The van der Waals surface area contributed by atoms with Crippen molar-refractivity contribution < 1.29 is 19.4 Å². The number of ether oxygens (including phenoxy) is 1. The van der Waals surface area contributed by atoms with Crippen LogP contribution < -0.4 is 5.73 Å². The van der Waals surface area contributed by atoms with Crippen LogP contribution in [0.25, 0.3) is 0 Å². The van der Waals surface area contributed by atoms with Crippen molar-refractivity contribution in [3.05, 3.63) is 0 Å². The Balaban J connectivity index is 2.44. The van der Waals surface area contributed by atoms with Crippen LogP contribution in [0.5, 0.6) is 0 Å². The summed E-state index contributed by atoms with van der Waals surface area (Å²) in [5.41, 5.74) is 4.98. The molecule has 0 saturated carbocycles. The van der Waals surface area contributed by atoms with E-state index >= 15 is 0 Å². The predicted octanol–water partition coefficient (Wildman–Crippen LogP) is -0.0915. The third-order valence-electron chi connectivity index (χ3n) is 2.61. The average molecular weight is 259 g/mol. The SMILES string of the molecule is CC(C)(C)OC(=O)N1CCN([C@@H](N)C(=O)O)CC1. The van der Waals surface area contributed by atoms with E-state index in [2.05, 4.69) is 0 Å². The molecule has 18 heavy (non-hydrogen) atoms. The fraction of sp³-hybridized carbons (Fsp3) is 0.818. The molecule has 1 amide bonds. The van der Waals surface area contributed by atoms with Gasteiger partial charge in [0, 0.05) is 26.2 Å². The van der Waals surface area contributed by atoms with Crippen molar-refractivity contribution in [3.8, 4) is 0 Å². The normalized spacial score (nSPS) is 19.4. The molecule has 1 atom stereocenters. The molecule has 0 bridgehead atoms. The molecule has 0 aliphatic carbocycles. The first kappa shape index (κ1) is 14.7. The first-order valence-corrected chi connectivity index (χ1v) is 5.91. The van der Waals surface area contributed by atoms with E-state index < -0.39 is 17.7 Å². The Morgan fingerprint density at radius 1 is 1.22 bits per heavy atom. The summed E-state index contributed by atoms with van der Waals surface area (Å²) < 4.78 is 5.24. The Labute approximate surface area is 106 Å². The van der Waals surface area contributed by atoms with Crippen LogP contribution in [0.3, 0.4) is 0 Å². The second-order valence-electron chi connectivity index (χ2n) is 5.29. The van der Waals surface area contributed by atoms with Crippen LogP contribution in [0.1, 0.15) is 20.8 Å². The average Bonchev–Trinajstić information content (AvgIpc) is 2.26. The Bertz CT molecular complexity index is 319. The number of amides is 1. The number of nitrogens with zero attached hydrogens (tertiary/aromatic N) is 2. The van der Waals surface area contributed by atoms with Crippen LogP contribution in [-0.4, -0.2) is 64.9 Å². The Morgan fingerprint density at radius 2 is 1.72 bits per heavy atom. The lowest BCUT2D eigenvalue weighted by atomic mass is 10.2. The van der Waals surface area contributed by atoms with Gasteiger partial charge in [0.05, 0.1) is 0 Å². The standard InChI is InChI=1S/C11H21N3O4/c1-11(2,3)18-10(17)14-6-4-13(5-7-14)8(12)9(15)16/h8H,4-7,12H2,1-3H3,(H,15,16)/t8-/m1/s1. The number of hydrogen-bond donors (Lipinski definition) is 2. The summed E-state index contributed by atoms with van der Waals surface area (Å²) in [6.07, 6.45) is -1.38. The highest BCUT2D eigenvalue weighted by molar-refractivity contribution is 5.72. The molecule has 1 rings (SSSR count). The maximum Gasteiger partial charge on any atom is 0.410 e. The molecule has 104 valence electrons. The van der Waals surface area contributed by atoms with Gasteiger partial charge in [-0.1, -0.05) is 0 Å². The molecule has 7 nitrogen and oxygen atoms in total. The van der Waals surface area contributed by atoms with Gasteiger partial charge in [0.15, 0.2) is 6.17 Å². The fourth-order valence-corrected chi connectivity index (χ4v) is 1.67. The van der Waals surface area contributed by atoms with E-state index in [9.17, 15) is 9.59 Å². The molecule has 0 unspecified atom stereocenters. The molecule has 1 fully saturated rings. The van der Waals surface area contributed by atoms with Crippen molar-refractivity contribution in [2.45, 2.75) is 32.5 Å². The third kappa shape index (κ3) is 4.15. The molecule has 0 aromatic heterocycles. The second kappa shape index (κ2) is 5.53. The van der Waals surface area contributed by atoms with Gasteiger partial charge in [-0.3, -0.25) is 4.90 Å². The number of hydrogen-bond acceptors (Lipinski definition) is 5. The molecule has 0 aromatic carbocycles. The van der Waals surface area contributed by atoms with E-state index in [0.29, 0.717) is 26.2 Å². The number of carbonyl (C=O) groups is 2. The minimum Gasteiger partial charge on any atom is -0.479 e. The molecule has 3 N–H and O–H groups in total. The number of nitrogens with two attached hydrogens (primary N) is 1. The van der Waals surface area contributed by atoms with Gasteiger partial charge >= 0.3 is 12.1 Å². The van der Waals surface area contributed by atoms with Gasteiger partial charge in [0.2, 0.25) is 0 Å². The van der Waals surface area contributed by atoms with Gasteiger partial charge < -0.3 is 20.5 Å². The lowest BCUT2D eigenvalue weighted by Gasteiger charge is -2.36. The Kier molecular flexibility index (Phi) is 4.53. The summed E-state index contributed by atoms with van der Waals surface area (Å²) >= 11 is 0. The van der Waals surface area contributed by atoms with Crippen molar-refractivity contribution in [3.63, 3.8) is 0 Å². The number of piperazine rings is 1. The van der Waals surface area contributed by atoms with Crippen molar-refractivity contribution >= 4 is 12.1 Å². The highest BCUT2D eigenvalue weighted by Crippen LogP contribution is 2.12. The Hall–Kier alpha value is -1.34. The number of carbonyl (C=O) groups excluding carboxylic acids is 1. The van der Waals surface area contributed by atoms with Crippen LogP contribution in [0, 0.1) is 0 Å². The smallest absolute Gasteiger partial charge is 0.410 e. The second-order valence-corrected chi connectivity index (χ2v) is 5.29. The fourth-order valence-electron chi connectivity index (χ4n) is 1.67. The summed E-state index contributed by atoms with van der Waals surface area (Å²) in [5, 5.41) is 8.79. The van der Waals surface area contributed by atoms with Crippen LogP contribution in [0.15, 0.2) is 0 Å². The highest BCUT2D eigenvalue weighted by atomic mass is 16.6. The molecular weight excluding hydrogens is 238 g/mol. The number of aliphatic carboxylic acids is 1. The summed E-state index contributed by atoms with van der Waals surface area (Å²) in [4.78, 5) is 25.7. The van der Waals surface area contributed by atoms with E-state index in [1.807, 2.05) is 20.8 Å². The molecule has 0 radical (unpaired) electrons. The van der Waals surface area contributed by atoms with Crippen molar-refractivity contribution in [2.24, 2.45) is 5.73 Å². The minimum absolute atomic E-state index is 0.369. The van der Waals surface area contributed by atoms with E-state index in [4.69, 9.17) is 15.6 Å².